The van der Waals surface area contributed by atoms with Gasteiger partial charge in [0, 0.05) is 24.1 Å². The fraction of sp³-hybridized carbons (Fsp3) is 0.370. The van der Waals surface area contributed by atoms with Crippen LogP contribution in [0.25, 0.3) is 0 Å². The van der Waals surface area contributed by atoms with Crippen molar-refractivity contribution in [2.75, 3.05) is 19.6 Å². The number of likely N-dealkylation sites (tertiary alicyclic amines) is 1. The maximum Gasteiger partial charge on any atom is 0.0988 e. The summed E-state index contributed by atoms with van der Waals surface area (Å²) in [5.74, 6) is 0.856. The van der Waals surface area contributed by atoms with Gasteiger partial charge in [0.25, 0.3) is 0 Å². The number of aliphatic hydroxyl groups excluding tert-OH is 1. The summed E-state index contributed by atoms with van der Waals surface area (Å²) in [6.07, 6.45) is 4.59. The molecule has 2 aliphatic carbocycles. The fourth-order valence-electron chi connectivity index (χ4n) is 6.41. The Balaban J connectivity index is 1.23. The van der Waals surface area contributed by atoms with Crippen molar-refractivity contribution in [1.29, 1.82) is 0 Å². The molecule has 152 valence electrons. The highest BCUT2D eigenvalue weighted by atomic mass is 16.3. The summed E-state index contributed by atoms with van der Waals surface area (Å²) in [5, 5.41) is 10.8. The molecule has 0 radical (unpaired) electrons. The maximum atomic E-state index is 10.8. The number of piperidine rings is 1. The third-order valence-corrected chi connectivity index (χ3v) is 7.82. The third kappa shape index (κ3) is 2.69. The standard InChI is InChI=1S/C27H28N2O/c30-26(25-11-5-6-14-28-25)19-12-15-29(16-13-19)18-27-17-22(20-7-1-3-9-23(20)27)21-8-2-4-10-24(21)27/h1-11,14,19,22,26,30H,12-13,15-18H2/t22?,26-,27?/m1/s1. The highest BCUT2D eigenvalue weighted by Crippen LogP contribution is 2.60. The minimum Gasteiger partial charge on any atom is -0.387 e. The number of aromatic nitrogens is 1. The molecule has 2 heterocycles. The lowest BCUT2D eigenvalue weighted by molar-refractivity contribution is 0.0514. The van der Waals surface area contributed by atoms with E-state index in [1.165, 1.54) is 17.5 Å². The van der Waals surface area contributed by atoms with Gasteiger partial charge in [-0.25, -0.2) is 0 Å². The van der Waals surface area contributed by atoms with E-state index in [0.717, 1.165) is 38.2 Å². The molecular formula is C27H28N2O. The average molecular weight is 397 g/mol. The third-order valence-electron chi connectivity index (χ3n) is 7.82. The number of pyridine rings is 1. The molecule has 1 saturated heterocycles. The molecule has 6 rings (SSSR count). The topological polar surface area (TPSA) is 36.4 Å². The van der Waals surface area contributed by atoms with E-state index in [0.29, 0.717) is 11.8 Å². The van der Waals surface area contributed by atoms with Crippen molar-refractivity contribution in [1.82, 2.24) is 9.88 Å². The number of nitrogens with zero attached hydrogens (tertiary/aromatic N) is 2. The number of benzene rings is 2. The second-order valence-corrected chi connectivity index (χ2v) is 9.33. The molecule has 2 bridgehead atoms. The lowest BCUT2D eigenvalue weighted by Gasteiger charge is -2.40. The molecule has 0 amide bonds. The van der Waals surface area contributed by atoms with Crippen LogP contribution in [0, 0.1) is 5.92 Å². The molecular weight excluding hydrogens is 368 g/mol. The van der Waals surface area contributed by atoms with Crippen LogP contribution in [0.15, 0.2) is 72.9 Å². The van der Waals surface area contributed by atoms with E-state index < -0.39 is 6.10 Å². The lowest BCUT2D eigenvalue weighted by Crippen LogP contribution is -2.44. The number of fused-ring (bicyclic) bond motifs is 8. The van der Waals surface area contributed by atoms with Crippen LogP contribution in [0.4, 0.5) is 0 Å². The first kappa shape index (κ1) is 18.3. The molecule has 0 saturated carbocycles. The van der Waals surface area contributed by atoms with Crippen LogP contribution in [-0.4, -0.2) is 34.6 Å². The quantitative estimate of drug-likeness (QED) is 0.697. The second-order valence-electron chi connectivity index (χ2n) is 9.33. The predicted octanol–water partition coefficient (Wildman–Crippen LogP) is 4.66. The number of hydrogen-bond acceptors (Lipinski definition) is 3. The molecule has 1 aromatic heterocycles. The molecule has 3 nitrogen and oxygen atoms in total. The number of aliphatic hydroxyl groups is 1. The summed E-state index contributed by atoms with van der Waals surface area (Å²) in [7, 11) is 0. The van der Waals surface area contributed by atoms with Crippen molar-refractivity contribution in [3.63, 3.8) is 0 Å². The van der Waals surface area contributed by atoms with E-state index in [1.54, 1.807) is 17.3 Å². The summed E-state index contributed by atoms with van der Waals surface area (Å²) < 4.78 is 0. The number of rotatable bonds is 4. The normalized spacial score (nSPS) is 26.4. The van der Waals surface area contributed by atoms with Gasteiger partial charge >= 0.3 is 0 Å². The average Bonchev–Trinajstić information content (AvgIpc) is 3.32. The minimum absolute atomic E-state index is 0.129. The van der Waals surface area contributed by atoms with Crippen molar-refractivity contribution in [2.45, 2.75) is 36.7 Å². The molecule has 0 unspecified atom stereocenters. The highest BCUT2D eigenvalue weighted by molar-refractivity contribution is 5.62. The van der Waals surface area contributed by atoms with Crippen LogP contribution in [0.1, 0.15) is 59.2 Å². The van der Waals surface area contributed by atoms with Crippen molar-refractivity contribution in [2.24, 2.45) is 5.92 Å². The van der Waals surface area contributed by atoms with Crippen LogP contribution >= 0.6 is 0 Å². The molecule has 2 aromatic carbocycles. The van der Waals surface area contributed by atoms with Gasteiger partial charge in [0.1, 0.15) is 0 Å². The Morgan fingerprint density at radius 3 is 2.17 bits per heavy atom. The monoisotopic (exact) mass is 396 g/mol. The van der Waals surface area contributed by atoms with Crippen molar-refractivity contribution < 1.29 is 5.11 Å². The zero-order valence-corrected chi connectivity index (χ0v) is 17.2. The summed E-state index contributed by atoms with van der Waals surface area (Å²) in [6, 6.07) is 24.0. The van der Waals surface area contributed by atoms with E-state index in [1.807, 2.05) is 18.2 Å². The van der Waals surface area contributed by atoms with Gasteiger partial charge in [0.05, 0.1) is 11.8 Å². The lowest BCUT2D eigenvalue weighted by atomic mass is 9.74. The molecule has 1 fully saturated rings. The van der Waals surface area contributed by atoms with Gasteiger partial charge in [0.15, 0.2) is 0 Å². The number of hydrogen-bond donors (Lipinski definition) is 1. The van der Waals surface area contributed by atoms with E-state index >= 15 is 0 Å². The maximum absolute atomic E-state index is 10.8. The Hall–Kier alpha value is -2.49. The Labute approximate surface area is 178 Å². The van der Waals surface area contributed by atoms with Gasteiger partial charge in [-0.05, 0) is 72.7 Å². The molecule has 3 aliphatic rings. The van der Waals surface area contributed by atoms with Gasteiger partial charge < -0.3 is 10.0 Å². The van der Waals surface area contributed by atoms with Crippen LogP contribution in [0.2, 0.25) is 0 Å². The van der Waals surface area contributed by atoms with Gasteiger partial charge in [-0.1, -0.05) is 54.6 Å². The van der Waals surface area contributed by atoms with Crippen molar-refractivity contribution in [3.05, 3.63) is 101 Å². The summed E-state index contributed by atoms with van der Waals surface area (Å²) in [4.78, 5) is 7.01. The Bertz CT molecular complexity index is 1010. The van der Waals surface area contributed by atoms with Crippen LogP contribution in [0.5, 0.6) is 0 Å². The molecule has 3 aromatic rings. The highest BCUT2D eigenvalue weighted by Gasteiger charge is 2.53. The van der Waals surface area contributed by atoms with E-state index in [4.69, 9.17) is 0 Å². The van der Waals surface area contributed by atoms with Gasteiger partial charge in [0.2, 0.25) is 0 Å². The molecule has 1 N–H and O–H groups in total. The van der Waals surface area contributed by atoms with Gasteiger partial charge in [-0.15, -0.1) is 0 Å². The fourth-order valence-corrected chi connectivity index (χ4v) is 6.41. The first-order valence-corrected chi connectivity index (χ1v) is 11.3. The van der Waals surface area contributed by atoms with Gasteiger partial charge in [-0.3, -0.25) is 4.98 Å². The SMILES string of the molecule is O[C@@H](c1ccccn1)C1CCN(CC23CC(c4ccccc42)c2ccccc23)CC1. The molecule has 1 aliphatic heterocycles. The Morgan fingerprint density at radius 1 is 0.900 bits per heavy atom. The predicted molar refractivity (Wildman–Crippen MR) is 118 cm³/mol. The van der Waals surface area contributed by atoms with E-state index in [-0.39, 0.29) is 5.41 Å². The summed E-state index contributed by atoms with van der Waals surface area (Å²) in [5.41, 5.74) is 7.11. The largest absolute Gasteiger partial charge is 0.387 e. The molecule has 3 heteroatoms. The van der Waals surface area contributed by atoms with Crippen LogP contribution < -0.4 is 0 Å². The Kier molecular flexibility index (Phi) is 4.29. The van der Waals surface area contributed by atoms with Crippen LogP contribution in [-0.2, 0) is 5.41 Å². The second kappa shape index (κ2) is 7.04. The van der Waals surface area contributed by atoms with E-state index in [9.17, 15) is 5.11 Å². The van der Waals surface area contributed by atoms with Crippen molar-refractivity contribution in [3.8, 4) is 0 Å². The molecule has 1 atom stereocenters. The Morgan fingerprint density at radius 2 is 1.53 bits per heavy atom. The first-order chi connectivity index (χ1) is 14.8. The van der Waals surface area contributed by atoms with Gasteiger partial charge in [-0.2, -0.15) is 0 Å². The van der Waals surface area contributed by atoms with E-state index in [2.05, 4.69) is 58.4 Å². The zero-order chi connectivity index (χ0) is 20.1. The summed E-state index contributed by atoms with van der Waals surface area (Å²) in [6.45, 7) is 3.18. The van der Waals surface area contributed by atoms with Crippen LogP contribution in [0.3, 0.4) is 0 Å². The molecule has 30 heavy (non-hydrogen) atoms. The zero-order valence-electron chi connectivity index (χ0n) is 17.2. The summed E-state index contributed by atoms with van der Waals surface area (Å²) >= 11 is 0. The van der Waals surface area contributed by atoms with Crippen molar-refractivity contribution >= 4 is 0 Å². The molecule has 0 spiro atoms. The minimum atomic E-state index is -0.449. The first-order valence-electron chi connectivity index (χ1n) is 11.3. The smallest absolute Gasteiger partial charge is 0.0988 e.